The number of hydrogen-bond acceptors (Lipinski definition) is 14. The highest BCUT2D eigenvalue weighted by Gasteiger charge is 2.29. The van der Waals surface area contributed by atoms with Gasteiger partial charge in [-0.3, -0.25) is 32.5 Å². The Morgan fingerprint density at radius 3 is 0.934 bits per heavy atom. The zero-order chi connectivity index (χ0) is 66.7. The van der Waals surface area contributed by atoms with Crippen molar-refractivity contribution in [1.82, 2.24) is 0 Å². The van der Waals surface area contributed by atoms with E-state index in [9.17, 15) is 43.5 Å². The van der Waals surface area contributed by atoms with Crippen LogP contribution in [-0.2, 0) is 55.8 Å². The minimum Gasteiger partial charge on any atom is -0.463 e. The topological polar surface area (TPSA) is 231 Å². The Morgan fingerprint density at radius 2 is 0.582 bits per heavy atom. The molecule has 0 aliphatic rings. The maximum atomic E-state index is 12.9. The fourth-order valence-electron chi connectivity index (χ4n) is 8.37. The predicted molar refractivity (Wildman–Crippen MR) is 371 cm³/mol. The minimum absolute atomic E-state index is 0.0756. The summed E-state index contributed by atoms with van der Waals surface area (Å²) in [5.74, 6) is -1.65. The third kappa shape index (κ3) is 66.7. The number of ether oxygens (including phenoxy) is 3. The first kappa shape index (κ1) is 86.4. The Kier molecular flexibility index (Phi) is 62.2. The molecule has 0 saturated heterocycles. The number of allylic oxidation sites excluding steroid dienone is 24. The summed E-state index contributed by atoms with van der Waals surface area (Å²) in [6.07, 6.45) is 77.6. The van der Waals surface area contributed by atoms with Crippen LogP contribution >= 0.6 is 15.6 Å². The zero-order valence-corrected chi connectivity index (χ0v) is 57.7. The van der Waals surface area contributed by atoms with E-state index < -0.39 is 91.5 Å². The monoisotopic (exact) mass is 1310 g/mol. The van der Waals surface area contributed by atoms with E-state index in [0.29, 0.717) is 19.3 Å². The molecule has 0 aromatic carbocycles. The van der Waals surface area contributed by atoms with E-state index in [1.54, 1.807) is 0 Å². The van der Waals surface area contributed by atoms with Crippen molar-refractivity contribution in [1.29, 1.82) is 0 Å². The fourth-order valence-corrected chi connectivity index (χ4v) is 9.95. The average molecular weight is 1320 g/mol. The summed E-state index contributed by atoms with van der Waals surface area (Å²) in [7, 11) is -9.80. The van der Waals surface area contributed by atoms with Crippen LogP contribution in [0.2, 0.25) is 0 Å². The number of unbranched alkanes of at least 4 members (excludes halogenated alkanes) is 16. The van der Waals surface area contributed by atoms with Gasteiger partial charge in [0.25, 0.3) is 0 Å². The Bertz CT molecular complexity index is 2240. The molecule has 18 heteroatoms. The Morgan fingerprint density at radius 1 is 0.319 bits per heavy atom. The number of hydrogen-bond donors (Lipinski definition) is 4. The Labute approximate surface area is 549 Å². The molecule has 0 spiro atoms. The van der Waals surface area contributed by atoms with Crippen molar-refractivity contribution in [3.05, 3.63) is 146 Å². The maximum absolute atomic E-state index is 12.9. The largest absolute Gasteiger partial charge is 0.472 e. The molecule has 0 aromatic rings. The summed E-state index contributed by atoms with van der Waals surface area (Å²) in [6.45, 7) is 2.28. The lowest BCUT2D eigenvalue weighted by molar-refractivity contribution is -0.161. The van der Waals surface area contributed by atoms with E-state index in [1.165, 1.54) is 0 Å². The van der Waals surface area contributed by atoms with Crippen molar-refractivity contribution in [2.45, 2.75) is 257 Å². The second-order valence-corrected chi connectivity index (χ2v) is 25.1. The molecule has 4 N–H and O–H groups in total. The van der Waals surface area contributed by atoms with E-state index in [2.05, 4.69) is 167 Å². The van der Waals surface area contributed by atoms with Gasteiger partial charge >= 0.3 is 33.6 Å². The molecule has 16 nitrogen and oxygen atoms in total. The molecule has 5 unspecified atom stereocenters. The van der Waals surface area contributed by atoms with E-state index in [0.717, 1.165) is 180 Å². The van der Waals surface area contributed by atoms with Crippen molar-refractivity contribution >= 4 is 33.6 Å². The van der Waals surface area contributed by atoms with Crippen LogP contribution in [0.5, 0.6) is 0 Å². The van der Waals surface area contributed by atoms with Gasteiger partial charge in [0.1, 0.15) is 25.4 Å². The molecule has 0 fully saturated rings. The predicted octanol–water partition coefficient (Wildman–Crippen LogP) is 19.0. The first-order valence-corrected chi connectivity index (χ1v) is 37.1. The number of aliphatic hydroxyl groups excluding tert-OH is 2. The second-order valence-electron chi connectivity index (χ2n) is 22.2. The highest BCUT2D eigenvalue weighted by atomic mass is 31.2. The van der Waals surface area contributed by atoms with Crippen LogP contribution in [0.15, 0.2) is 146 Å². The van der Waals surface area contributed by atoms with E-state index in [-0.39, 0.29) is 19.3 Å². The van der Waals surface area contributed by atoms with Crippen molar-refractivity contribution in [2.24, 2.45) is 0 Å². The molecule has 0 radical (unpaired) electrons. The molecule has 0 heterocycles. The molecule has 518 valence electrons. The molecule has 0 rings (SSSR count). The van der Waals surface area contributed by atoms with E-state index in [1.807, 2.05) is 0 Å². The van der Waals surface area contributed by atoms with E-state index >= 15 is 0 Å². The first-order valence-electron chi connectivity index (χ1n) is 34.1. The van der Waals surface area contributed by atoms with Crippen molar-refractivity contribution in [2.75, 3.05) is 39.6 Å². The number of phosphoric acid groups is 2. The zero-order valence-electron chi connectivity index (χ0n) is 56.0. The van der Waals surface area contributed by atoms with Crippen LogP contribution < -0.4 is 0 Å². The second kappa shape index (κ2) is 65.5. The third-order valence-electron chi connectivity index (χ3n) is 13.5. The minimum atomic E-state index is -4.94. The molecule has 0 aliphatic heterocycles. The van der Waals surface area contributed by atoms with Gasteiger partial charge in [-0.2, -0.15) is 0 Å². The summed E-state index contributed by atoms with van der Waals surface area (Å²) in [6, 6.07) is 0. The maximum Gasteiger partial charge on any atom is 0.472 e. The van der Waals surface area contributed by atoms with Crippen molar-refractivity contribution in [3.8, 4) is 0 Å². The normalized spacial score (nSPS) is 15.1. The lowest BCUT2D eigenvalue weighted by atomic mass is 10.1. The average Bonchev–Trinajstić information content (AvgIpc) is 3.74. The Hall–Kier alpha value is -4.57. The summed E-state index contributed by atoms with van der Waals surface area (Å²) in [5.41, 5.74) is 0. The molecule has 0 aliphatic carbocycles. The first-order chi connectivity index (χ1) is 44.2. The van der Waals surface area contributed by atoms with Gasteiger partial charge in [-0.15, -0.1) is 0 Å². The van der Waals surface area contributed by atoms with Gasteiger partial charge < -0.3 is 34.2 Å². The van der Waals surface area contributed by atoms with Crippen LogP contribution in [0.3, 0.4) is 0 Å². The summed E-state index contributed by atoms with van der Waals surface area (Å²) in [5, 5.41) is 20.5. The van der Waals surface area contributed by atoms with Gasteiger partial charge in [0, 0.05) is 19.3 Å². The van der Waals surface area contributed by atoms with Gasteiger partial charge in [0.05, 0.1) is 26.4 Å². The molecular formula is C73H120O16P2. The Balaban J connectivity index is 4.66. The summed E-state index contributed by atoms with van der Waals surface area (Å²) >= 11 is 0. The van der Waals surface area contributed by atoms with Crippen molar-refractivity contribution < 1.29 is 75.8 Å². The molecule has 5 atom stereocenters. The standard InChI is InChI=1S/C73H120O16P2/c1-4-7-10-13-16-19-22-25-27-29-31-32-33-34-36-38-39-42-44-47-50-53-56-59-71(76)83-62-68(74)63-85-90(79,80)86-64-69(75)65-87-91(81,82)88-67-70(89-73(78)61-58-55-52-49-46-41-24-21-18-15-12-9-6-3)66-84-72(77)60-57-54-51-48-45-43-40-37-35-30-28-26-23-20-17-14-11-8-5-2/h7-8,10-12,15-17,19-21,24-28,31-32,34-37,43,45,68-70,74-75H,4-6,9,13-14,18,22-23,29-30,33,38-42,44,46-67H2,1-3H3,(H,79,80)(H,81,82)/b10-7-,11-8-,15-12-,19-16-,20-17-,24-21-,27-25-,28-26-,32-31-,36-34-,37-35-,45-43-. The SMILES string of the molecule is CC/C=C\C/C=C\C/C=C\C/C=C\C/C=C\CCCCCCCCCC(=O)OCC(O)COP(=O)(O)OCC(O)COP(=O)(O)OCC(COC(=O)CCCCC/C=C\C/C=C\C/C=C\C/C=C\C/C=C\CC)OC(=O)CCCCCCC/C=C\C/C=C\CCC. The smallest absolute Gasteiger partial charge is 0.463 e. The van der Waals surface area contributed by atoms with Gasteiger partial charge in [0.15, 0.2) is 6.10 Å². The molecular weight excluding hydrogens is 1190 g/mol. The van der Waals surface area contributed by atoms with Gasteiger partial charge in [-0.25, -0.2) is 9.13 Å². The number of carbonyl (C=O) groups excluding carboxylic acids is 3. The third-order valence-corrected chi connectivity index (χ3v) is 15.4. The van der Waals surface area contributed by atoms with Gasteiger partial charge in [-0.05, 0) is 135 Å². The number of carbonyl (C=O) groups is 3. The van der Waals surface area contributed by atoms with Gasteiger partial charge in [-0.1, -0.05) is 231 Å². The number of rotatable bonds is 63. The van der Waals surface area contributed by atoms with Crippen LogP contribution in [0.4, 0.5) is 0 Å². The molecule has 0 amide bonds. The quantitative estimate of drug-likeness (QED) is 0.0146. The van der Waals surface area contributed by atoms with Crippen LogP contribution in [0.25, 0.3) is 0 Å². The van der Waals surface area contributed by atoms with Crippen molar-refractivity contribution in [3.63, 3.8) is 0 Å². The summed E-state index contributed by atoms with van der Waals surface area (Å²) < 4.78 is 60.8. The van der Waals surface area contributed by atoms with E-state index in [4.69, 9.17) is 32.3 Å². The number of esters is 3. The lowest BCUT2D eigenvalue weighted by Crippen LogP contribution is -2.30. The van der Waals surface area contributed by atoms with Crippen LogP contribution in [0.1, 0.15) is 239 Å². The summed E-state index contributed by atoms with van der Waals surface area (Å²) in [4.78, 5) is 58.3. The highest BCUT2D eigenvalue weighted by Crippen LogP contribution is 2.45. The van der Waals surface area contributed by atoms with Crippen LogP contribution in [-0.4, -0.2) is 95.9 Å². The molecule has 91 heavy (non-hydrogen) atoms. The number of phosphoric ester groups is 2. The van der Waals surface area contributed by atoms with Gasteiger partial charge in [0.2, 0.25) is 0 Å². The molecule has 0 saturated carbocycles. The number of aliphatic hydroxyl groups is 2. The lowest BCUT2D eigenvalue weighted by Gasteiger charge is -2.21. The molecule has 0 aromatic heterocycles. The molecule has 0 bridgehead atoms. The highest BCUT2D eigenvalue weighted by molar-refractivity contribution is 7.47. The van der Waals surface area contributed by atoms with Crippen LogP contribution in [0, 0.1) is 0 Å². The fraction of sp³-hybridized carbons (Fsp3) is 0.630.